The molecule has 0 aliphatic carbocycles. The van der Waals surface area contributed by atoms with Gasteiger partial charge in [0.1, 0.15) is 11.3 Å². The van der Waals surface area contributed by atoms with Crippen molar-refractivity contribution in [2.45, 2.75) is 46.2 Å². The van der Waals surface area contributed by atoms with E-state index in [-0.39, 0.29) is 11.5 Å². The lowest BCUT2D eigenvalue weighted by molar-refractivity contribution is 0.0944. The van der Waals surface area contributed by atoms with Gasteiger partial charge in [0.25, 0.3) is 11.5 Å². The van der Waals surface area contributed by atoms with E-state index in [9.17, 15) is 9.59 Å². The minimum atomic E-state index is -0.185. The summed E-state index contributed by atoms with van der Waals surface area (Å²) in [5, 5.41) is 2.97. The van der Waals surface area contributed by atoms with E-state index in [4.69, 9.17) is 4.74 Å². The lowest BCUT2D eigenvalue weighted by Gasteiger charge is -2.23. The van der Waals surface area contributed by atoms with Gasteiger partial charge in [0, 0.05) is 24.8 Å². The van der Waals surface area contributed by atoms with Crippen LogP contribution in [-0.4, -0.2) is 17.1 Å². The van der Waals surface area contributed by atoms with Crippen molar-refractivity contribution < 1.29 is 9.53 Å². The number of aromatic nitrogens is 1. The van der Waals surface area contributed by atoms with E-state index in [1.165, 1.54) is 11.6 Å². The van der Waals surface area contributed by atoms with Crippen LogP contribution in [0.25, 0.3) is 0 Å². The number of ether oxygens (including phenoxy) is 1. The maximum atomic E-state index is 12.9. The number of nitrogens with one attached hydrogen (secondary N) is 1. The number of nitrogens with zero attached hydrogens (tertiary/aromatic N) is 1. The van der Waals surface area contributed by atoms with Crippen molar-refractivity contribution in [3.63, 3.8) is 0 Å². The van der Waals surface area contributed by atoms with E-state index in [0.29, 0.717) is 31.0 Å². The quantitative estimate of drug-likeness (QED) is 0.910. The first-order valence-electron chi connectivity index (χ1n) is 8.83. The molecule has 1 aliphatic heterocycles. The summed E-state index contributed by atoms with van der Waals surface area (Å²) in [7, 11) is 0. The molecule has 3 rings (SSSR count). The molecule has 0 radical (unpaired) electrons. The normalized spacial score (nSPS) is 13.2. The number of hydrogen-bond donors (Lipinski definition) is 1. The molecule has 0 spiro atoms. The second-order valence-corrected chi connectivity index (χ2v) is 6.38. The van der Waals surface area contributed by atoms with Gasteiger partial charge < -0.3 is 14.6 Å². The first kappa shape index (κ1) is 17.3. The molecule has 132 valence electrons. The van der Waals surface area contributed by atoms with Crippen LogP contribution in [0.2, 0.25) is 0 Å². The Labute approximate surface area is 147 Å². The summed E-state index contributed by atoms with van der Waals surface area (Å²) in [5.41, 5.74) is 3.44. The van der Waals surface area contributed by atoms with Gasteiger partial charge in [0.05, 0.1) is 6.61 Å². The highest BCUT2D eigenvalue weighted by Gasteiger charge is 2.24. The molecule has 2 aromatic rings. The molecule has 0 saturated heterocycles. The smallest absolute Gasteiger partial charge is 0.257 e. The van der Waals surface area contributed by atoms with E-state index >= 15 is 0 Å². The largest absolute Gasteiger partial charge is 0.493 e. The Morgan fingerprint density at radius 3 is 2.72 bits per heavy atom. The summed E-state index contributed by atoms with van der Waals surface area (Å²) in [6.45, 7) is 5.42. The van der Waals surface area contributed by atoms with Crippen molar-refractivity contribution in [2.75, 3.05) is 6.61 Å². The summed E-state index contributed by atoms with van der Waals surface area (Å²) in [5.74, 6) is 0.205. The van der Waals surface area contributed by atoms with Gasteiger partial charge in [-0.15, -0.1) is 0 Å². The van der Waals surface area contributed by atoms with Crippen LogP contribution in [0.4, 0.5) is 0 Å². The summed E-state index contributed by atoms with van der Waals surface area (Å²) >= 11 is 0. The highest BCUT2D eigenvalue weighted by Crippen LogP contribution is 2.25. The Hall–Kier alpha value is -2.56. The SMILES string of the molecule is CCOc1cc(=O)n2c(c1C(=O)NCc1ccc(C)cc1)CCCC2. The van der Waals surface area contributed by atoms with Crippen molar-refractivity contribution in [3.8, 4) is 5.75 Å². The van der Waals surface area contributed by atoms with Gasteiger partial charge in [0.2, 0.25) is 0 Å². The number of amides is 1. The van der Waals surface area contributed by atoms with Crippen LogP contribution < -0.4 is 15.6 Å². The van der Waals surface area contributed by atoms with E-state index in [1.807, 2.05) is 38.1 Å². The van der Waals surface area contributed by atoms with Crippen LogP contribution in [0, 0.1) is 6.92 Å². The fraction of sp³-hybridized carbons (Fsp3) is 0.400. The van der Waals surface area contributed by atoms with E-state index < -0.39 is 0 Å². The van der Waals surface area contributed by atoms with Gasteiger partial charge in [-0.25, -0.2) is 0 Å². The number of carbonyl (C=O) groups is 1. The Balaban J connectivity index is 1.89. The summed E-state index contributed by atoms with van der Waals surface area (Å²) in [6, 6.07) is 9.50. The second kappa shape index (κ2) is 7.55. The minimum absolute atomic E-state index is 0.0896. The van der Waals surface area contributed by atoms with Crippen LogP contribution >= 0.6 is 0 Å². The van der Waals surface area contributed by atoms with Crippen LogP contribution in [0.15, 0.2) is 35.1 Å². The van der Waals surface area contributed by atoms with Crippen molar-refractivity contribution in [3.05, 3.63) is 63.1 Å². The lowest BCUT2D eigenvalue weighted by atomic mass is 10.0. The average molecular weight is 340 g/mol. The number of hydrogen-bond acceptors (Lipinski definition) is 3. The molecule has 0 atom stereocenters. The number of aryl methyl sites for hydroxylation is 1. The standard InChI is InChI=1S/C20H24N2O3/c1-3-25-17-12-18(23)22-11-5-4-6-16(22)19(17)20(24)21-13-15-9-7-14(2)8-10-15/h7-10,12H,3-6,11,13H2,1-2H3,(H,21,24). The molecule has 1 aromatic carbocycles. The molecular formula is C20H24N2O3. The number of fused-ring (bicyclic) bond motifs is 1. The number of carbonyl (C=O) groups excluding carboxylic acids is 1. The maximum Gasteiger partial charge on any atom is 0.257 e. The van der Waals surface area contributed by atoms with Gasteiger partial charge in [-0.05, 0) is 38.7 Å². The highest BCUT2D eigenvalue weighted by molar-refractivity contribution is 5.98. The van der Waals surface area contributed by atoms with E-state index in [1.54, 1.807) is 4.57 Å². The molecule has 5 nitrogen and oxygen atoms in total. The Morgan fingerprint density at radius 2 is 2.00 bits per heavy atom. The molecule has 0 unspecified atom stereocenters. The molecule has 1 aromatic heterocycles. The molecule has 2 heterocycles. The molecule has 5 heteroatoms. The van der Waals surface area contributed by atoms with E-state index in [2.05, 4.69) is 5.32 Å². The third kappa shape index (κ3) is 3.76. The molecule has 25 heavy (non-hydrogen) atoms. The van der Waals surface area contributed by atoms with E-state index in [0.717, 1.165) is 30.5 Å². The first-order valence-corrected chi connectivity index (χ1v) is 8.83. The topological polar surface area (TPSA) is 60.3 Å². The number of pyridine rings is 1. The zero-order chi connectivity index (χ0) is 17.8. The van der Waals surface area contributed by atoms with Crippen LogP contribution in [-0.2, 0) is 19.5 Å². The molecule has 1 aliphatic rings. The molecular weight excluding hydrogens is 316 g/mol. The summed E-state index contributed by atoms with van der Waals surface area (Å²) in [6.07, 6.45) is 2.67. The first-order chi connectivity index (χ1) is 12.1. The molecule has 0 bridgehead atoms. The zero-order valence-corrected chi connectivity index (χ0v) is 14.8. The van der Waals surface area contributed by atoms with Crippen LogP contribution in [0.3, 0.4) is 0 Å². The van der Waals surface area contributed by atoms with Gasteiger partial charge in [-0.1, -0.05) is 29.8 Å². The maximum absolute atomic E-state index is 12.9. The fourth-order valence-electron chi connectivity index (χ4n) is 3.23. The molecule has 1 amide bonds. The third-order valence-electron chi connectivity index (χ3n) is 4.53. The minimum Gasteiger partial charge on any atom is -0.493 e. The number of rotatable bonds is 5. The average Bonchev–Trinajstić information content (AvgIpc) is 2.61. The predicted octanol–water partition coefficient (Wildman–Crippen LogP) is 2.82. The van der Waals surface area contributed by atoms with Gasteiger partial charge >= 0.3 is 0 Å². The van der Waals surface area contributed by atoms with Crippen LogP contribution in [0.5, 0.6) is 5.75 Å². The monoisotopic (exact) mass is 340 g/mol. The zero-order valence-electron chi connectivity index (χ0n) is 14.8. The van der Waals surface area contributed by atoms with Crippen molar-refractivity contribution in [2.24, 2.45) is 0 Å². The highest BCUT2D eigenvalue weighted by atomic mass is 16.5. The third-order valence-corrected chi connectivity index (χ3v) is 4.53. The fourth-order valence-corrected chi connectivity index (χ4v) is 3.23. The van der Waals surface area contributed by atoms with Crippen molar-refractivity contribution in [1.29, 1.82) is 0 Å². The molecule has 0 saturated carbocycles. The van der Waals surface area contributed by atoms with Gasteiger partial charge in [0.15, 0.2) is 0 Å². The van der Waals surface area contributed by atoms with Crippen LogP contribution in [0.1, 0.15) is 46.9 Å². The molecule has 1 N–H and O–H groups in total. The molecule has 0 fully saturated rings. The number of benzene rings is 1. The van der Waals surface area contributed by atoms with Crippen molar-refractivity contribution >= 4 is 5.91 Å². The van der Waals surface area contributed by atoms with Gasteiger partial charge in [-0.2, -0.15) is 0 Å². The summed E-state index contributed by atoms with van der Waals surface area (Å²) in [4.78, 5) is 25.2. The predicted molar refractivity (Wildman–Crippen MR) is 97.2 cm³/mol. The lowest BCUT2D eigenvalue weighted by Crippen LogP contribution is -2.33. The Morgan fingerprint density at radius 1 is 1.24 bits per heavy atom. The van der Waals surface area contributed by atoms with Crippen molar-refractivity contribution in [1.82, 2.24) is 9.88 Å². The Bertz CT molecular complexity index is 822. The van der Waals surface area contributed by atoms with Gasteiger partial charge in [-0.3, -0.25) is 9.59 Å². The summed E-state index contributed by atoms with van der Waals surface area (Å²) < 4.78 is 7.31. The second-order valence-electron chi connectivity index (χ2n) is 6.38. The Kier molecular flexibility index (Phi) is 5.22.